The first-order chi connectivity index (χ1) is 19.8. The molecule has 1 atom stereocenters. The Balaban J connectivity index is 1.58. The molecule has 1 aliphatic heterocycles. The summed E-state index contributed by atoms with van der Waals surface area (Å²) in [4.78, 5) is 32.2. The Labute approximate surface area is 250 Å². The number of esters is 1. The van der Waals surface area contributed by atoms with Gasteiger partial charge in [-0.05, 0) is 55.8 Å². The van der Waals surface area contributed by atoms with Crippen LogP contribution >= 0.6 is 34.5 Å². The van der Waals surface area contributed by atoms with E-state index in [9.17, 15) is 9.59 Å². The lowest BCUT2D eigenvalue weighted by Gasteiger charge is -2.24. The van der Waals surface area contributed by atoms with Gasteiger partial charge in [0.1, 0.15) is 18.1 Å². The van der Waals surface area contributed by atoms with Crippen LogP contribution in [-0.4, -0.2) is 24.3 Å². The third kappa shape index (κ3) is 5.95. The number of nitrogens with zero attached hydrogens (tertiary/aromatic N) is 2. The largest absolute Gasteiger partial charge is 0.497 e. The van der Waals surface area contributed by atoms with Crippen LogP contribution in [0.15, 0.2) is 87.8 Å². The SMILES string of the molecule is CCOC(=O)C1=C(C)N=c2s/c(=C\c3ccccc3OCc3ccc(Cl)cc3Cl)c(=O)n2[C@H]1c1ccc(OC)cc1. The van der Waals surface area contributed by atoms with Crippen LogP contribution in [0.5, 0.6) is 11.5 Å². The highest BCUT2D eigenvalue weighted by Crippen LogP contribution is 2.32. The average Bonchev–Trinajstić information content (AvgIpc) is 3.26. The molecule has 0 unspecified atom stereocenters. The van der Waals surface area contributed by atoms with Gasteiger partial charge in [-0.3, -0.25) is 9.36 Å². The van der Waals surface area contributed by atoms with Gasteiger partial charge >= 0.3 is 5.97 Å². The maximum Gasteiger partial charge on any atom is 0.338 e. The number of rotatable bonds is 8. The van der Waals surface area contributed by atoms with Gasteiger partial charge in [-0.15, -0.1) is 0 Å². The van der Waals surface area contributed by atoms with Crippen molar-refractivity contribution >= 4 is 46.6 Å². The third-order valence-corrected chi connectivity index (χ3v) is 8.12. The van der Waals surface area contributed by atoms with E-state index in [2.05, 4.69) is 4.99 Å². The first-order valence-electron chi connectivity index (χ1n) is 12.8. The van der Waals surface area contributed by atoms with E-state index in [0.29, 0.717) is 47.7 Å². The Bertz CT molecular complexity index is 1830. The Hall–Kier alpha value is -3.85. The Morgan fingerprint density at radius 2 is 1.85 bits per heavy atom. The maximum absolute atomic E-state index is 13.9. The molecular weight excluding hydrogens is 583 g/mol. The smallest absolute Gasteiger partial charge is 0.338 e. The molecule has 4 aromatic rings. The van der Waals surface area contributed by atoms with E-state index in [1.54, 1.807) is 55.9 Å². The van der Waals surface area contributed by atoms with E-state index in [1.807, 2.05) is 42.5 Å². The summed E-state index contributed by atoms with van der Waals surface area (Å²) in [7, 11) is 1.58. The number of hydrogen-bond acceptors (Lipinski definition) is 7. The number of ether oxygens (including phenoxy) is 3. The van der Waals surface area contributed by atoms with E-state index in [0.717, 1.165) is 11.1 Å². The molecule has 0 bridgehead atoms. The molecule has 0 saturated carbocycles. The molecule has 0 aliphatic carbocycles. The third-order valence-electron chi connectivity index (χ3n) is 6.55. The quantitative estimate of drug-likeness (QED) is 0.240. The standard InChI is InChI=1S/C31H26Cl2N2O5S/c1-4-39-30(37)27-18(2)34-31-35(28(27)19-10-13-23(38-3)14-11-19)29(36)26(41-31)15-20-7-5-6-8-25(20)40-17-21-9-12-22(32)16-24(21)33/h5-16,28H,4,17H2,1-3H3/b26-15-/t28-/m0/s1. The number of hydrogen-bond donors (Lipinski definition) is 0. The van der Waals surface area contributed by atoms with Crippen LogP contribution in [0, 0.1) is 0 Å². The summed E-state index contributed by atoms with van der Waals surface area (Å²) in [6.07, 6.45) is 1.77. The van der Waals surface area contributed by atoms with Gasteiger partial charge in [0.2, 0.25) is 0 Å². The number of halogens is 2. The van der Waals surface area contributed by atoms with Crippen LogP contribution in [0.3, 0.4) is 0 Å². The predicted octanol–water partition coefficient (Wildman–Crippen LogP) is 5.69. The number of fused-ring (bicyclic) bond motifs is 1. The molecule has 0 saturated heterocycles. The molecule has 10 heteroatoms. The lowest BCUT2D eigenvalue weighted by atomic mass is 9.96. The summed E-state index contributed by atoms with van der Waals surface area (Å²) >= 11 is 13.6. The van der Waals surface area contributed by atoms with E-state index in [-0.39, 0.29) is 18.8 Å². The van der Waals surface area contributed by atoms with E-state index in [1.165, 1.54) is 11.3 Å². The monoisotopic (exact) mass is 608 g/mol. The van der Waals surface area contributed by atoms with Crippen molar-refractivity contribution in [1.82, 2.24) is 4.57 Å². The highest BCUT2D eigenvalue weighted by molar-refractivity contribution is 7.07. The van der Waals surface area contributed by atoms with Gasteiger partial charge in [-0.2, -0.15) is 0 Å². The molecular formula is C31H26Cl2N2O5S. The molecule has 0 spiro atoms. The molecule has 1 aromatic heterocycles. The van der Waals surface area contributed by atoms with Crippen molar-refractivity contribution in [3.63, 3.8) is 0 Å². The fourth-order valence-corrected chi connectivity index (χ4v) is 6.06. The molecule has 1 aliphatic rings. The fourth-order valence-electron chi connectivity index (χ4n) is 4.56. The first kappa shape index (κ1) is 28.7. The lowest BCUT2D eigenvalue weighted by molar-refractivity contribution is -0.139. The average molecular weight is 610 g/mol. The van der Waals surface area contributed by atoms with Gasteiger partial charge < -0.3 is 14.2 Å². The Morgan fingerprint density at radius 1 is 1.10 bits per heavy atom. The van der Waals surface area contributed by atoms with Crippen LogP contribution in [0.25, 0.3) is 6.08 Å². The zero-order valence-electron chi connectivity index (χ0n) is 22.5. The summed E-state index contributed by atoms with van der Waals surface area (Å²) in [6.45, 7) is 3.92. The van der Waals surface area contributed by atoms with Crippen LogP contribution in [0.1, 0.15) is 36.6 Å². The van der Waals surface area contributed by atoms with Crippen molar-refractivity contribution in [1.29, 1.82) is 0 Å². The molecule has 0 amide bonds. The van der Waals surface area contributed by atoms with Gasteiger partial charge in [0.05, 0.1) is 35.6 Å². The van der Waals surface area contributed by atoms with Crippen molar-refractivity contribution in [2.75, 3.05) is 13.7 Å². The molecule has 2 heterocycles. The highest BCUT2D eigenvalue weighted by Gasteiger charge is 2.33. The van der Waals surface area contributed by atoms with Gasteiger partial charge in [0.15, 0.2) is 4.80 Å². The summed E-state index contributed by atoms with van der Waals surface area (Å²) in [5.41, 5.74) is 2.77. The van der Waals surface area contributed by atoms with Crippen LogP contribution < -0.4 is 24.4 Å². The number of aromatic nitrogens is 1. The minimum atomic E-state index is -0.711. The van der Waals surface area contributed by atoms with E-state index < -0.39 is 12.0 Å². The number of benzene rings is 3. The normalized spacial score (nSPS) is 14.9. The van der Waals surface area contributed by atoms with Gasteiger partial charge in [0, 0.05) is 21.2 Å². The Kier molecular flexibility index (Phi) is 8.63. The second-order valence-corrected chi connectivity index (χ2v) is 11.0. The minimum Gasteiger partial charge on any atom is -0.497 e. The summed E-state index contributed by atoms with van der Waals surface area (Å²) in [5.74, 6) is 0.735. The Morgan fingerprint density at radius 3 is 2.56 bits per heavy atom. The number of carbonyl (C=O) groups excluding carboxylic acids is 1. The molecule has 7 nitrogen and oxygen atoms in total. The molecule has 5 rings (SSSR count). The number of allylic oxidation sites excluding steroid dienone is 1. The predicted molar refractivity (Wildman–Crippen MR) is 161 cm³/mol. The minimum absolute atomic E-state index is 0.202. The first-order valence-corrected chi connectivity index (χ1v) is 14.4. The zero-order chi connectivity index (χ0) is 29.1. The van der Waals surface area contributed by atoms with Crippen molar-refractivity contribution in [3.05, 3.63) is 124 Å². The van der Waals surface area contributed by atoms with Crippen molar-refractivity contribution in [2.45, 2.75) is 26.5 Å². The van der Waals surface area contributed by atoms with Gasteiger partial charge in [-0.1, -0.05) is 70.9 Å². The van der Waals surface area contributed by atoms with Gasteiger partial charge in [0.25, 0.3) is 5.56 Å². The molecule has 0 fully saturated rings. The maximum atomic E-state index is 13.9. The van der Waals surface area contributed by atoms with Gasteiger partial charge in [-0.25, -0.2) is 9.79 Å². The van der Waals surface area contributed by atoms with E-state index >= 15 is 0 Å². The molecule has 210 valence electrons. The highest BCUT2D eigenvalue weighted by atomic mass is 35.5. The number of methoxy groups -OCH3 is 1. The summed E-state index contributed by atoms with van der Waals surface area (Å²) in [5, 5.41) is 1.05. The number of carbonyl (C=O) groups is 1. The second-order valence-electron chi connectivity index (χ2n) is 9.14. The van der Waals surface area contributed by atoms with Crippen molar-refractivity contribution in [3.8, 4) is 11.5 Å². The molecule has 0 N–H and O–H groups in total. The van der Waals surface area contributed by atoms with Crippen molar-refractivity contribution in [2.24, 2.45) is 4.99 Å². The van der Waals surface area contributed by atoms with Crippen molar-refractivity contribution < 1.29 is 19.0 Å². The van der Waals surface area contributed by atoms with Crippen LogP contribution in [0.4, 0.5) is 0 Å². The topological polar surface area (TPSA) is 79.1 Å². The lowest BCUT2D eigenvalue weighted by Crippen LogP contribution is -2.39. The summed E-state index contributed by atoms with van der Waals surface area (Å²) in [6, 6.07) is 19.2. The fraction of sp³-hybridized carbons (Fsp3) is 0.194. The zero-order valence-corrected chi connectivity index (χ0v) is 24.8. The number of para-hydroxylation sites is 1. The van der Waals surface area contributed by atoms with E-state index in [4.69, 9.17) is 37.4 Å². The van der Waals surface area contributed by atoms with Crippen LogP contribution in [-0.2, 0) is 16.1 Å². The summed E-state index contributed by atoms with van der Waals surface area (Å²) < 4.78 is 18.8. The molecule has 0 radical (unpaired) electrons. The molecule has 41 heavy (non-hydrogen) atoms. The molecule has 3 aromatic carbocycles. The second kappa shape index (κ2) is 12.3. The number of thiazole rings is 1. The van der Waals surface area contributed by atoms with Crippen LogP contribution in [0.2, 0.25) is 10.0 Å².